The highest BCUT2D eigenvalue weighted by Gasteiger charge is 2.33. The summed E-state index contributed by atoms with van der Waals surface area (Å²) in [6.45, 7) is 28.3. The van der Waals surface area contributed by atoms with Crippen LogP contribution in [0.4, 0.5) is 5.69 Å². The van der Waals surface area contributed by atoms with Crippen LogP contribution in [0, 0.1) is 59.2 Å². The van der Waals surface area contributed by atoms with E-state index in [1.165, 1.54) is 18.6 Å². The lowest BCUT2D eigenvalue weighted by atomic mass is 9.90. The van der Waals surface area contributed by atoms with E-state index in [0.717, 1.165) is 89.2 Å². The molecule has 0 aliphatic carbocycles. The fourth-order valence-electron chi connectivity index (χ4n) is 9.06. The number of ether oxygens (including phenoxy) is 1. The summed E-state index contributed by atoms with van der Waals surface area (Å²) in [5.41, 5.74) is 6.22. The van der Waals surface area contributed by atoms with Gasteiger partial charge in [-0.2, -0.15) is 0 Å². The highest BCUT2D eigenvalue weighted by molar-refractivity contribution is 5.96. The van der Waals surface area contributed by atoms with Crippen molar-refractivity contribution in [3.8, 4) is 0 Å². The molecule has 0 saturated carbocycles. The van der Waals surface area contributed by atoms with E-state index in [4.69, 9.17) is 15.6 Å². The lowest BCUT2D eigenvalue weighted by molar-refractivity contribution is -0.130. The van der Waals surface area contributed by atoms with Crippen LogP contribution in [0.25, 0.3) is 0 Å². The van der Waals surface area contributed by atoms with Crippen molar-refractivity contribution in [2.24, 2.45) is 64.9 Å². The molecule has 0 bridgehead atoms. The van der Waals surface area contributed by atoms with Crippen molar-refractivity contribution >= 4 is 29.4 Å². The number of likely N-dealkylation sites (N-methyl/N-ethyl adjacent to an activating group) is 1. The molecule has 0 spiro atoms. The number of carbonyl (C=O) groups is 4. The number of carbonyl (C=O) groups excluding carboxylic acids is 3. The van der Waals surface area contributed by atoms with Gasteiger partial charge in [-0.3, -0.25) is 14.4 Å². The van der Waals surface area contributed by atoms with Crippen LogP contribution in [0.15, 0.2) is 24.3 Å². The fraction of sp³-hybridized carbons (Fsp3) is 0.804. The summed E-state index contributed by atoms with van der Waals surface area (Å²) in [6, 6.07) is 6.46. The molecule has 3 amide bonds. The van der Waals surface area contributed by atoms with Gasteiger partial charge in [0.1, 0.15) is 0 Å². The molecular formula is C51H94N8O7. The van der Waals surface area contributed by atoms with Gasteiger partial charge in [0, 0.05) is 51.9 Å². The Morgan fingerprint density at radius 1 is 0.803 bits per heavy atom. The minimum atomic E-state index is -1.00. The Balaban J connectivity index is 0.000000292. The van der Waals surface area contributed by atoms with Crippen molar-refractivity contribution in [2.75, 3.05) is 72.3 Å². The number of nitrogens with zero attached hydrogens (tertiary/aromatic N) is 1. The maximum Gasteiger partial charge on any atom is 0.335 e. The molecule has 66 heavy (non-hydrogen) atoms. The molecule has 6 rings (SSSR count). The van der Waals surface area contributed by atoms with Crippen LogP contribution >= 0.6 is 0 Å². The molecule has 380 valence electrons. The predicted octanol–water partition coefficient (Wildman–Crippen LogP) is 5.04. The summed E-state index contributed by atoms with van der Waals surface area (Å²) < 4.78 is 5.45. The summed E-state index contributed by atoms with van der Waals surface area (Å²) in [7, 11) is 5.55. The van der Waals surface area contributed by atoms with Gasteiger partial charge in [0.15, 0.2) is 0 Å². The molecule has 5 fully saturated rings. The standard InChI is InChI=1S/C15H20N2O3.C11H24N2O.C10H20N2O.C8H17NO.C7H13NO/c1-9(2)11-7-13(16-8-11)14(18)17-12-5-3-4-10(6-12)15(19)20;1-8(2)9-6-10(13-7-9)11(14)4-5-12-3;1-7(2)8-5-9(11-6-8)10(13)12(3)4;1-6(2)7-3-4-10-8(7)5-9;1-5(2)6-3-7(9)8-4-6/h3-6,9,11,13,16H,7-8H2,1-2H3,(H,17,18)(H,19,20);8-14H,4-7H2,1-3H3;7-9,11H,5-6H2,1-4H3;6-8H,3-5,9H2,1-2H3;5-6H,3-4H2,1-2H3,(H,8,9)/t11-,13-;9-,10-,11+;8-,9-;7-,8+;6-/m00000/s1. The maximum atomic E-state index is 12.1. The molecule has 0 radical (unpaired) electrons. The normalized spacial score (nSPS) is 27.3. The average molecular weight is 931 g/mol. The number of aliphatic hydroxyl groups is 1. The van der Waals surface area contributed by atoms with Crippen LogP contribution in [0.2, 0.25) is 0 Å². The van der Waals surface area contributed by atoms with Gasteiger partial charge in [-0.1, -0.05) is 75.3 Å². The van der Waals surface area contributed by atoms with Gasteiger partial charge in [-0.05, 0) is 143 Å². The van der Waals surface area contributed by atoms with Crippen molar-refractivity contribution in [3.63, 3.8) is 0 Å². The molecular weight excluding hydrogens is 837 g/mol. The third kappa shape index (κ3) is 20.6. The molecule has 0 unspecified atom stereocenters. The van der Waals surface area contributed by atoms with Crippen LogP contribution < -0.4 is 37.6 Å². The highest BCUT2D eigenvalue weighted by atomic mass is 16.5. The molecule has 5 heterocycles. The Morgan fingerprint density at radius 3 is 1.80 bits per heavy atom. The molecule has 5 aliphatic rings. The van der Waals surface area contributed by atoms with Gasteiger partial charge in [0.05, 0.1) is 29.9 Å². The van der Waals surface area contributed by atoms with Gasteiger partial charge >= 0.3 is 5.97 Å². The van der Waals surface area contributed by atoms with E-state index in [0.29, 0.717) is 65.8 Å². The molecule has 10 N–H and O–H groups in total. The van der Waals surface area contributed by atoms with E-state index in [1.807, 2.05) is 21.1 Å². The van der Waals surface area contributed by atoms with Gasteiger partial charge in [-0.25, -0.2) is 4.79 Å². The minimum Gasteiger partial charge on any atom is -0.478 e. The number of nitrogens with one attached hydrogen (secondary N) is 6. The third-order valence-electron chi connectivity index (χ3n) is 14.2. The van der Waals surface area contributed by atoms with Crippen molar-refractivity contribution in [1.82, 2.24) is 31.5 Å². The van der Waals surface area contributed by atoms with Crippen molar-refractivity contribution in [2.45, 2.75) is 138 Å². The van der Waals surface area contributed by atoms with Crippen LogP contribution in [0.5, 0.6) is 0 Å². The fourth-order valence-corrected chi connectivity index (χ4v) is 9.06. The Hall–Kier alpha value is -3.18. The van der Waals surface area contributed by atoms with E-state index in [2.05, 4.69) is 101 Å². The van der Waals surface area contributed by atoms with Gasteiger partial charge in [0.2, 0.25) is 17.7 Å². The SMILES string of the molecule is CC(C)[C@@H]1CCO[C@@H]1CN.CC(C)[C@@H]1CNC(=O)C1.CC(C)[C@@H]1CN[C@H](C(=O)N(C)C)C1.CC(C)[C@@H]1CN[C@H](C(=O)Nc2cccc(C(=O)O)c2)C1.CNCC[C@@H](O)[C@@H]1C[C@H](C(C)C)CN1. The zero-order valence-corrected chi connectivity index (χ0v) is 43.1. The number of nitrogens with two attached hydrogens (primary N) is 1. The smallest absolute Gasteiger partial charge is 0.335 e. The number of aromatic carboxylic acids is 1. The highest BCUT2D eigenvalue weighted by Crippen LogP contribution is 2.28. The van der Waals surface area contributed by atoms with Gasteiger partial charge < -0.3 is 57.5 Å². The number of aliphatic hydroxyl groups excluding tert-OH is 1. The topological polar surface area (TPSA) is 219 Å². The van der Waals surface area contributed by atoms with E-state index in [1.54, 1.807) is 17.0 Å². The number of rotatable bonds is 14. The monoisotopic (exact) mass is 931 g/mol. The number of amides is 3. The summed E-state index contributed by atoms with van der Waals surface area (Å²) in [6.07, 6.45) is 5.86. The molecule has 1 aromatic carbocycles. The molecule has 0 aromatic heterocycles. The summed E-state index contributed by atoms with van der Waals surface area (Å²) in [5, 5.41) is 37.4. The predicted molar refractivity (Wildman–Crippen MR) is 267 cm³/mol. The van der Waals surface area contributed by atoms with Crippen LogP contribution in [-0.2, 0) is 19.1 Å². The largest absolute Gasteiger partial charge is 0.478 e. The zero-order valence-electron chi connectivity index (χ0n) is 43.1. The Kier molecular flexibility index (Phi) is 27.1. The second-order valence-corrected chi connectivity index (χ2v) is 21.1. The van der Waals surface area contributed by atoms with Crippen LogP contribution in [0.1, 0.15) is 118 Å². The molecule has 5 saturated heterocycles. The first-order valence-electron chi connectivity index (χ1n) is 25.1. The van der Waals surface area contributed by atoms with E-state index < -0.39 is 5.97 Å². The van der Waals surface area contributed by atoms with E-state index in [-0.39, 0.29) is 41.5 Å². The summed E-state index contributed by atoms with van der Waals surface area (Å²) >= 11 is 0. The van der Waals surface area contributed by atoms with E-state index >= 15 is 0 Å². The number of carboxylic acids is 1. The molecule has 5 aliphatic heterocycles. The quantitative estimate of drug-likeness (QED) is 0.120. The molecule has 15 nitrogen and oxygen atoms in total. The van der Waals surface area contributed by atoms with Crippen molar-refractivity contribution < 1.29 is 34.1 Å². The Morgan fingerprint density at radius 2 is 1.36 bits per heavy atom. The Labute approximate surface area is 399 Å². The van der Waals surface area contributed by atoms with Gasteiger partial charge in [0.25, 0.3) is 0 Å². The zero-order chi connectivity index (χ0) is 49.7. The third-order valence-corrected chi connectivity index (χ3v) is 14.2. The maximum absolute atomic E-state index is 12.1. The lowest BCUT2D eigenvalue weighted by Gasteiger charge is -2.19. The van der Waals surface area contributed by atoms with Crippen LogP contribution in [0.3, 0.4) is 0 Å². The second-order valence-electron chi connectivity index (χ2n) is 21.1. The first-order valence-corrected chi connectivity index (χ1v) is 25.1. The number of anilines is 1. The molecule has 10 atom stereocenters. The van der Waals surface area contributed by atoms with Crippen LogP contribution in [-0.4, -0.2) is 136 Å². The number of hydrogen-bond acceptors (Lipinski definition) is 11. The second kappa shape index (κ2) is 30.3. The average Bonchev–Trinajstić information content (AvgIpc) is 4.13. The van der Waals surface area contributed by atoms with Crippen molar-refractivity contribution in [1.29, 1.82) is 0 Å². The minimum absolute atomic E-state index is 0.0578. The number of carboxylic acid groups (broad SMARTS) is 1. The number of hydrogen-bond donors (Lipinski definition) is 9. The Bertz CT molecular complexity index is 1580. The van der Waals surface area contributed by atoms with Crippen molar-refractivity contribution in [3.05, 3.63) is 29.8 Å². The molecule has 15 heteroatoms. The molecule has 1 aromatic rings. The number of benzene rings is 1. The van der Waals surface area contributed by atoms with E-state index in [9.17, 15) is 24.3 Å². The first-order chi connectivity index (χ1) is 31.1. The first kappa shape index (κ1) is 58.9. The summed E-state index contributed by atoms with van der Waals surface area (Å²) in [5.74, 6) is 5.83. The lowest BCUT2D eigenvalue weighted by Crippen LogP contribution is -2.39. The van der Waals surface area contributed by atoms with Gasteiger partial charge in [-0.15, -0.1) is 0 Å². The summed E-state index contributed by atoms with van der Waals surface area (Å²) in [4.78, 5) is 46.9.